The molecular weight excluding hydrogens is 1250 g/mol. The van der Waals surface area contributed by atoms with E-state index < -0.39 is 40.0 Å². The molecule has 0 saturated carbocycles. The number of halogens is 2. The number of hydrogen-bond acceptors (Lipinski definition) is 14. The number of rotatable bonds is 17. The number of ether oxygens (including phenoxy) is 2. The summed E-state index contributed by atoms with van der Waals surface area (Å²) in [6.07, 6.45) is 10.1. The summed E-state index contributed by atoms with van der Waals surface area (Å²) in [5.74, 6) is -1.53. The number of pyridine rings is 2. The molecular formula is C58H66BrIN14O6Si2. The van der Waals surface area contributed by atoms with Gasteiger partial charge in [0.1, 0.15) is 50.6 Å². The minimum absolute atomic E-state index is 0.126. The van der Waals surface area contributed by atoms with Gasteiger partial charge in [-0.15, -0.1) is 0 Å². The minimum Gasteiger partial charge on any atom is -0.361 e. The highest BCUT2D eigenvalue weighted by molar-refractivity contribution is 14.1. The first-order valence-corrected chi connectivity index (χ1v) is 36.2. The van der Waals surface area contributed by atoms with Gasteiger partial charge >= 0.3 is 0 Å². The molecule has 0 aliphatic carbocycles. The Bertz CT molecular complexity index is 3720. The number of nitrogens with zero attached hydrogens (tertiary/aromatic N) is 12. The van der Waals surface area contributed by atoms with E-state index in [-0.39, 0.29) is 37.1 Å². The molecule has 2 fully saturated rings. The van der Waals surface area contributed by atoms with Gasteiger partial charge < -0.3 is 39.0 Å². The van der Waals surface area contributed by atoms with Crippen molar-refractivity contribution in [2.24, 2.45) is 11.8 Å². The number of amides is 4. The second-order valence-corrected chi connectivity index (χ2v) is 35.8. The average molecular weight is 1320 g/mol. The minimum atomic E-state index is -1.26. The van der Waals surface area contributed by atoms with Crippen molar-refractivity contribution in [1.82, 2.24) is 59.5 Å². The van der Waals surface area contributed by atoms with Crippen LogP contribution in [0.1, 0.15) is 34.6 Å². The van der Waals surface area contributed by atoms with E-state index in [2.05, 4.69) is 138 Å². The first-order valence-electron chi connectivity index (χ1n) is 27.0. The predicted molar refractivity (Wildman–Crippen MR) is 331 cm³/mol. The average Bonchev–Trinajstić information content (AvgIpc) is 4.14. The lowest BCUT2D eigenvalue weighted by Gasteiger charge is -2.37. The number of nitrogens with one attached hydrogen (secondary N) is 2. The first-order chi connectivity index (χ1) is 39.1. The Labute approximate surface area is 500 Å². The fourth-order valence-corrected chi connectivity index (χ4v) is 11.4. The van der Waals surface area contributed by atoms with Crippen molar-refractivity contribution < 1.29 is 28.7 Å². The van der Waals surface area contributed by atoms with Gasteiger partial charge in [0.05, 0.1) is 53.2 Å². The summed E-state index contributed by atoms with van der Waals surface area (Å²) in [6, 6.07) is 25.0. The Hall–Kier alpha value is -7.08. The molecule has 2 aromatic carbocycles. The van der Waals surface area contributed by atoms with Gasteiger partial charge in [0.25, 0.3) is 11.8 Å². The summed E-state index contributed by atoms with van der Waals surface area (Å²) in [4.78, 5) is 81.9. The van der Waals surface area contributed by atoms with E-state index in [4.69, 9.17) is 25.0 Å². The lowest BCUT2D eigenvalue weighted by atomic mass is 10.0. The monoisotopic (exact) mass is 1320 g/mol. The lowest BCUT2D eigenvalue weighted by Crippen LogP contribution is -2.55. The van der Waals surface area contributed by atoms with Crippen LogP contribution < -0.4 is 10.6 Å². The molecule has 20 nitrogen and oxygen atoms in total. The van der Waals surface area contributed by atoms with Crippen molar-refractivity contribution in [3.05, 3.63) is 117 Å². The van der Waals surface area contributed by atoms with Gasteiger partial charge in [0.15, 0.2) is 11.3 Å². The van der Waals surface area contributed by atoms with E-state index in [0.717, 1.165) is 26.6 Å². The van der Waals surface area contributed by atoms with Gasteiger partial charge in [-0.3, -0.25) is 24.2 Å². The van der Waals surface area contributed by atoms with E-state index in [1.165, 1.54) is 10.8 Å². The molecule has 10 rings (SSSR count). The Morgan fingerprint density at radius 1 is 0.659 bits per heavy atom. The molecule has 8 heterocycles. The van der Waals surface area contributed by atoms with Gasteiger partial charge in [-0.05, 0) is 87.4 Å². The first kappa shape index (κ1) is 61.0. The molecule has 0 radical (unpaired) electrons. The lowest BCUT2D eigenvalue weighted by molar-refractivity contribution is -0.138. The van der Waals surface area contributed by atoms with Crippen molar-refractivity contribution in [1.29, 1.82) is 10.5 Å². The SMILES string of the molecule is C[C@@H](NC(=O)c1cn(COCC[Si](C)(C)C)c2ncc(-c3nccc4ccccc34)nc12)C(=O)N1CC(C#N)C1.C[C@@H](NC(=O)c1cn(COCC[Si](C)(C)C)c2ncc(Br)nc12)C(=O)N1CC(C#N)C1.Ic1nccc2ccccc12. The Morgan fingerprint density at radius 3 is 1.60 bits per heavy atom. The quantitative estimate of drug-likeness (QED) is 0.0373. The van der Waals surface area contributed by atoms with Crippen LogP contribution in [0.15, 0.2) is 102 Å². The van der Waals surface area contributed by atoms with Crippen LogP contribution in [-0.2, 0) is 32.5 Å². The third-order valence-electron chi connectivity index (χ3n) is 13.8. The normalized spacial score (nSPS) is 14.3. The van der Waals surface area contributed by atoms with Gasteiger partial charge in [-0.2, -0.15) is 10.5 Å². The van der Waals surface area contributed by atoms with E-state index in [0.29, 0.717) is 88.8 Å². The smallest absolute Gasteiger partial charge is 0.255 e. The molecule has 0 bridgehead atoms. The van der Waals surface area contributed by atoms with E-state index in [1.807, 2.05) is 54.7 Å². The van der Waals surface area contributed by atoms with Crippen LogP contribution in [0.4, 0.5) is 0 Å². The Balaban J connectivity index is 0.000000184. The van der Waals surface area contributed by atoms with Crippen molar-refractivity contribution in [2.75, 3.05) is 39.4 Å². The number of hydrogen-bond donors (Lipinski definition) is 2. The molecule has 2 N–H and O–H groups in total. The number of benzene rings is 2. The highest BCUT2D eigenvalue weighted by Crippen LogP contribution is 2.29. The van der Waals surface area contributed by atoms with Crippen LogP contribution in [0.2, 0.25) is 51.4 Å². The van der Waals surface area contributed by atoms with Gasteiger partial charge in [-0.1, -0.05) is 87.8 Å². The topological polar surface area (TPSA) is 252 Å². The fraction of sp³-hybridized carbons (Fsp3) is 0.379. The maximum atomic E-state index is 13.5. The molecule has 82 heavy (non-hydrogen) atoms. The zero-order valence-corrected chi connectivity index (χ0v) is 52.9. The van der Waals surface area contributed by atoms with Gasteiger partial charge in [0.2, 0.25) is 11.8 Å². The molecule has 2 atom stereocenters. The van der Waals surface area contributed by atoms with Crippen LogP contribution >= 0.6 is 38.5 Å². The predicted octanol–water partition coefficient (Wildman–Crippen LogP) is 9.50. The standard InChI is InChI=1S/C29H33N7O3Si.C20H27BrN6O3Si.C9H6IN/c1-19(29(38)35-15-20(13-30)16-35)33-28(37)23-17-36(18-39-11-12-40(2,3)4)27-26(23)34-24(14-32-27)25-22-8-6-5-7-21(22)9-10-31-25;1-13(20(29)26-9-14(7-22)10-26)24-19(28)15-11-27(12-30-5-6-31(2,3)4)18-17(15)25-16(21)8-23-18;10-9-8-4-2-1-3-7(8)5-6-11-9/h5-10,14,17,19-20H,11-12,15-16,18H2,1-4H3,(H,33,37);8,11,13-14H,5-6,9-10,12H2,1-4H3,(H,24,28);1-6H/t19-;13-;/m11./s1. The Morgan fingerprint density at radius 2 is 1.11 bits per heavy atom. The maximum Gasteiger partial charge on any atom is 0.255 e. The highest BCUT2D eigenvalue weighted by atomic mass is 127. The summed E-state index contributed by atoms with van der Waals surface area (Å²) in [5, 5.41) is 27.9. The number of aromatic nitrogens is 8. The molecule has 2 saturated heterocycles. The van der Waals surface area contributed by atoms with E-state index >= 15 is 0 Å². The van der Waals surface area contributed by atoms with Crippen LogP contribution in [-0.4, -0.2) is 140 Å². The maximum absolute atomic E-state index is 13.5. The van der Waals surface area contributed by atoms with E-state index in [1.54, 1.807) is 63.8 Å². The molecule has 2 aliphatic heterocycles. The molecule has 4 amide bonds. The molecule has 0 unspecified atom stereocenters. The summed E-state index contributed by atoms with van der Waals surface area (Å²) in [7, 11) is -2.46. The van der Waals surface area contributed by atoms with Gasteiger partial charge in [0, 0.05) is 91.1 Å². The zero-order chi connectivity index (χ0) is 58.9. The second kappa shape index (κ2) is 26.9. The fourth-order valence-electron chi connectivity index (χ4n) is 8.91. The van der Waals surface area contributed by atoms with Crippen molar-refractivity contribution >= 4 is 122 Å². The number of carbonyl (C=O) groups is 4. The number of nitriles is 2. The zero-order valence-electron chi connectivity index (χ0n) is 47.2. The summed E-state index contributed by atoms with van der Waals surface area (Å²) in [5.41, 5.74) is 3.75. The molecule has 426 valence electrons. The summed E-state index contributed by atoms with van der Waals surface area (Å²) >= 11 is 5.55. The number of carbonyl (C=O) groups excluding carboxylic acids is 4. The Kier molecular flexibility index (Phi) is 20.0. The molecule has 0 spiro atoms. The van der Waals surface area contributed by atoms with Crippen LogP contribution in [0.5, 0.6) is 0 Å². The van der Waals surface area contributed by atoms with E-state index in [9.17, 15) is 19.2 Å². The molecule has 6 aromatic heterocycles. The van der Waals surface area contributed by atoms with Crippen molar-refractivity contribution in [3.8, 4) is 23.5 Å². The second-order valence-electron chi connectivity index (χ2n) is 22.7. The summed E-state index contributed by atoms with van der Waals surface area (Å²) in [6.45, 7) is 20.4. The highest BCUT2D eigenvalue weighted by Gasteiger charge is 2.35. The van der Waals surface area contributed by atoms with Crippen LogP contribution in [0.3, 0.4) is 0 Å². The van der Waals surface area contributed by atoms with Crippen LogP contribution in [0, 0.1) is 38.2 Å². The van der Waals surface area contributed by atoms with Crippen molar-refractivity contribution in [3.63, 3.8) is 0 Å². The third kappa shape index (κ3) is 15.3. The number of fused-ring (bicyclic) bond motifs is 4. The number of likely N-dealkylation sites (tertiary alicyclic amines) is 2. The molecule has 8 aromatic rings. The molecule has 2 aliphatic rings. The molecule has 24 heteroatoms. The largest absolute Gasteiger partial charge is 0.361 e. The summed E-state index contributed by atoms with van der Waals surface area (Å²) < 4.78 is 16.9. The third-order valence-corrected chi connectivity index (χ3v) is 18.4. The van der Waals surface area contributed by atoms with Crippen molar-refractivity contribution in [2.45, 2.75) is 90.8 Å². The van der Waals surface area contributed by atoms with Gasteiger partial charge in [-0.25, -0.2) is 24.9 Å². The van der Waals surface area contributed by atoms with Crippen LogP contribution in [0.25, 0.3) is 55.3 Å².